The average Bonchev–Trinajstić information content (AvgIpc) is 3.53. The zero-order chi connectivity index (χ0) is 31.0. The summed E-state index contributed by atoms with van der Waals surface area (Å²) in [5.74, 6) is -0.194. The summed E-state index contributed by atoms with van der Waals surface area (Å²) in [7, 11) is -4.16. The Kier molecular flexibility index (Phi) is 11.4. The monoisotopic (exact) mass is 643 g/mol. The minimum Gasteiger partial charge on any atom is -0.494 e. The van der Waals surface area contributed by atoms with E-state index in [-0.39, 0.29) is 23.4 Å². The van der Waals surface area contributed by atoms with Crippen LogP contribution in [-0.2, 0) is 26.2 Å². The van der Waals surface area contributed by atoms with Crippen molar-refractivity contribution in [2.75, 3.05) is 23.7 Å². The Morgan fingerprint density at radius 1 is 1.00 bits per heavy atom. The molecule has 0 aliphatic heterocycles. The van der Waals surface area contributed by atoms with E-state index in [4.69, 9.17) is 16.3 Å². The van der Waals surface area contributed by atoms with E-state index in [0.717, 1.165) is 40.4 Å². The molecular formula is C32H38ClN3O5S2. The molecule has 1 fully saturated rings. The van der Waals surface area contributed by atoms with Gasteiger partial charge in [0.1, 0.15) is 18.3 Å². The van der Waals surface area contributed by atoms with Gasteiger partial charge < -0.3 is 15.0 Å². The predicted octanol–water partition coefficient (Wildman–Crippen LogP) is 6.13. The summed E-state index contributed by atoms with van der Waals surface area (Å²) in [6, 6.07) is 19.4. The topological polar surface area (TPSA) is 96.0 Å². The largest absolute Gasteiger partial charge is 0.494 e. The van der Waals surface area contributed by atoms with Gasteiger partial charge in [0, 0.05) is 22.5 Å². The van der Waals surface area contributed by atoms with Gasteiger partial charge in [-0.05, 0) is 99.2 Å². The number of halogens is 1. The Hall–Kier alpha value is -3.21. The van der Waals surface area contributed by atoms with Gasteiger partial charge in [-0.15, -0.1) is 11.8 Å². The number of nitrogens with one attached hydrogen (secondary N) is 1. The van der Waals surface area contributed by atoms with Gasteiger partial charge in [0.25, 0.3) is 10.0 Å². The molecule has 3 aromatic rings. The zero-order valence-corrected chi connectivity index (χ0v) is 27.1. The van der Waals surface area contributed by atoms with Crippen LogP contribution >= 0.6 is 23.4 Å². The average molecular weight is 644 g/mol. The number of anilines is 1. The van der Waals surface area contributed by atoms with Crippen LogP contribution in [-0.4, -0.2) is 56.6 Å². The molecule has 0 radical (unpaired) electrons. The number of carbonyl (C=O) groups is 2. The van der Waals surface area contributed by atoms with Crippen molar-refractivity contribution in [2.24, 2.45) is 0 Å². The van der Waals surface area contributed by atoms with Crippen LogP contribution in [0.5, 0.6) is 5.75 Å². The Morgan fingerprint density at radius 2 is 1.63 bits per heavy atom. The first-order valence-corrected chi connectivity index (χ1v) is 17.4. The maximum Gasteiger partial charge on any atom is 0.264 e. The fourth-order valence-electron chi connectivity index (χ4n) is 5.04. The van der Waals surface area contributed by atoms with Crippen LogP contribution in [0.3, 0.4) is 0 Å². The van der Waals surface area contributed by atoms with Crippen LogP contribution < -0.4 is 14.4 Å². The van der Waals surface area contributed by atoms with Gasteiger partial charge in [-0.25, -0.2) is 8.42 Å². The molecule has 0 heterocycles. The second-order valence-corrected chi connectivity index (χ2v) is 13.6. The standard InChI is InChI=1S/C32H38ClN3O5S2/c1-4-41-28-15-13-27(14-16-28)36(43(39,40)30-19-17-29(42-3)18-20-30)22-31(37)35(21-24-9-11-25(33)12-10-24)23(2)32(38)34-26-7-5-6-8-26/h9-20,23,26H,4-8,21-22H2,1-3H3,(H,34,38). The van der Waals surface area contributed by atoms with Crippen LogP contribution in [0.4, 0.5) is 5.69 Å². The van der Waals surface area contributed by atoms with E-state index in [1.165, 1.54) is 28.8 Å². The van der Waals surface area contributed by atoms with Crippen LogP contribution in [0.15, 0.2) is 82.6 Å². The molecule has 1 N–H and O–H groups in total. The highest BCUT2D eigenvalue weighted by Crippen LogP contribution is 2.28. The van der Waals surface area contributed by atoms with Crippen LogP contribution in [0.25, 0.3) is 0 Å². The lowest BCUT2D eigenvalue weighted by Gasteiger charge is -2.32. The highest BCUT2D eigenvalue weighted by atomic mass is 35.5. The van der Waals surface area contributed by atoms with E-state index in [0.29, 0.717) is 23.1 Å². The quantitative estimate of drug-likeness (QED) is 0.225. The number of rotatable bonds is 13. The second kappa shape index (κ2) is 15.0. The highest BCUT2D eigenvalue weighted by Gasteiger charge is 2.33. The van der Waals surface area contributed by atoms with Crippen molar-refractivity contribution in [1.29, 1.82) is 0 Å². The molecule has 0 saturated heterocycles. The molecule has 1 aliphatic carbocycles. The molecule has 1 aliphatic rings. The van der Waals surface area contributed by atoms with Crippen molar-refractivity contribution in [1.82, 2.24) is 10.2 Å². The summed E-state index contributed by atoms with van der Waals surface area (Å²) < 4.78 is 34.7. The summed E-state index contributed by atoms with van der Waals surface area (Å²) in [5.41, 5.74) is 1.07. The fourth-order valence-corrected chi connectivity index (χ4v) is 6.99. The Bertz CT molecular complexity index is 1480. The smallest absolute Gasteiger partial charge is 0.264 e. The van der Waals surface area contributed by atoms with Gasteiger partial charge in [0.2, 0.25) is 11.8 Å². The van der Waals surface area contributed by atoms with Crippen LogP contribution in [0, 0.1) is 0 Å². The van der Waals surface area contributed by atoms with Crippen molar-refractivity contribution in [3.05, 3.63) is 83.4 Å². The Labute approximate surface area is 263 Å². The lowest BCUT2D eigenvalue weighted by atomic mass is 10.1. The molecule has 1 atom stereocenters. The van der Waals surface area contributed by atoms with Gasteiger partial charge in [0.15, 0.2) is 0 Å². The predicted molar refractivity (Wildman–Crippen MR) is 172 cm³/mol. The summed E-state index contributed by atoms with van der Waals surface area (Å²) in [6.07, 6.45) is 5.83. The second-order valence-electron chi connectivity index (χ2n) is 10.4. The first-order chi connectivity index (χ1) is 20.6. The minimum atomic E-state index is -4.16. The molecule has 1 saturated carbocycles. The van der Waals surface area contributed by atoms with Gasteiger partial charge in [-0.3, -0.25) is 13.9 Å². The summed E-state index contributed by atoms with van der Waals surface area (Å²) in [5, 5.41) is 3.63. The van der Waals surface area contributed by atoms with E-state index < -0.39 is 28.5 Å². The SMILES string of the molecule is CCOc1ccc(N(CC(=O)N(Cc2ccc(Cl)cc2)C(C)C(=O)NC2CCCC2)S(=O)(=O)c2ccc(SC)cc2)cc1. The van der Waals surface area contributed by atoms with E-state index in [9.17, 15) is 18.0 Å². The molecule has 11 heteroatoms. The number of hydrogen-bond donors (Lipinski definition) is 1. The van der Waals surface area contributed by atoms with Crippen molar-refractivity contribution < 1.29 is 22.7 Å². The lowest BCUT2D eigenvalue weighted by Crippen LogP contribution is -2.52. The molecule has 0 spiro atoms. The summed E-state index contributed by atoms with van der Waals surface area (Å²) >= 11 is 7.59. The maximum absolute atomic E-state index is 14.1. The first-order valence-electron chi connectivity index (χ1n) is 14.4. The minimum absolute atomic E-state index is 0.0586. The van der Waals surface area contributed by atoms with Gasteiger partial charge >= 0.3 is 0 Å². The highest BCUT2D eigenvalue weighted by molar-refractivity contribution is 7.98. The fraction of sp³-hybridized carbons (Fsp3) is 0.375. The molecular weight excluding hydrogens is 606 g/mol. The lowest BCUT2D eigenvalue weighted by molar-refractivity contribution is -0.139. The maximum atomic E-state index is 14.1. The molecule has 230 valence electrons. The third-order valence-electron chi connectivity index (χ3n) is 7.50. The number of benzene rings is 3. The van der Waals surface area contributed by atoms with Gasteiger partial charge in [-0.1, -0.05) is 36.6 Å². The number of ether oxygens (including phenoxy) is 1. The van der Waals surface area contributed by atoms with E-state index >= 15 is 0 Å². The number of thioether (sulfide) groups is 1. The normalized spacial score (nSPS) is 14.2. The molecule has 1 unspecified atom stereocenters. The van der Waals surface area contributed by atoms with Crippen molar-refractivity contribution in [2.45, 2.75) is 68.0 Å². The molecule has 8 nitrogen and oxygen atoms in total. The van der Waals surface area contributed by atoms with Crippen molar-refractivity contribution in [3.63, 3.8) is 0 Å². The third kappa shape index (κ3) is 8.46. The van der Waals surface area contributed by atoms with E-state index in [2.05, 4.69) is 5.32 Å². The first kappa shape index (κ1) is 32.7. The van der Waals surface area contributed by atoms with E-state index in [1.54, 1.807) is 67.6 Å². The van der Waals surface area contributed by atoms with Crippen molar-refractivity contribution >= 4 is 50.9 Å². The van der Waals surface area contributed by atoms with Crippen LogP contribution in [0.2, 0.25) is 5.02 Å². The number of nitrogens with zero attached hydrogens (tertiary/aromatic N) is 2. The van der Waals surface area contributed by atoms with Gasteiger partial charge in [0.05, 0.1) is 17.2 Å². The number of carbonyl (C=O) groups excluding carboxylic acids is 2. The number of sulfonamides is 1. The van der Waals surface area contributed by atoms with E-state index in [1.807, 2.05) is 13.2 Å². The third-order valence-corrected chi connectivity index (χ3v) is 10.3. The molecule has 0 aromatic heterocycles. The Balaban J connectivity index is 1.68. The zero-order valence-electron chi connectivity index (χ0n) is 24.7. The van der Waals surface area contributed by atoms with Crippen molar-refractivity contribution in [3.8, 4) is 5.75 Å². The summed E-state index contributed by atoms with van der Waals surface area (Å²) in [4.78, 5) is 29.9. The number of amides is 2. The molecule has 3 aromatic carbocycles. The van der Waals surface area contributed by atoms with Gasteiger partial charge in [-0.2, -0.15) is 0 Å². The molecule has 2 amide bonds. The Morgan fingerprint density at radius 3 is 2.21 bits per heavy atom. The summed E-state index contributed by atoms with van der Waals surface area (Å²) in [6.45, 7) is 3.60. The molecule has 4 rings (SSSR count). The molecule has 43 heavy (non-hydrogen) atoms. The number of hydrogen-bond acceptors (Lipinski definition) is 6. The molecule has 0 bridgehead atoms. The van der Waals surface area contributed by atoms with Crippen LogP contribution in [0.1, 0.15) is 45.1 Å².